The van der Waals surface area contributed by atoms with Crippen molar-refractivity contribution in [1.29, 1.82) is 0 Å². The van der Waals surface area contributed by atoms with Crippen LogP contribution in [0.2, 0.25) is 0 Å². The molecule has 3 aromatic rings. The molecule has 1 aliphatic rings. The predicted octanol–water partition coefficient (Wildman–Crippen LogP) is 3.57. The molecule has 0 spiro atoms. The van der Waals surface area contributed by atoms with Gasteiger partial charge in [-0.15, -0.1) is 0 Å². The van der Waals surface area contributed by atoms with E-state index in [-0.39, 0.29) is 18.4 Å². The van der Waals surface area contributed by atoms with E-state index in [2.05, 4.69) is 10.1 Å². The van der Waals surface area contributed by atoms with Crippen molar-refractivity contribution in [3.63, 3.8) is 0 Å². The summed E-state index contributed by atoms with van der Waals surface area (Å²) in [6.45, 7) is 3.60. The number of carbonyl (C=O) groups is 1. The summed E-state index contributed by atoms with van der Waals surface area (Å²) in [7, 11) is 0. The monoisotopic (exact) mass is 367 g/mol. The van der Waals surface area contributed by atoms with E-state index in [0.29, 0.717) is 30.4 Å². The normalized spacial score (nSPS) is 15.1. The number of hydrogen-bond acceptors (Lipinski definition) is 6. The van der Waals surface area contributed by atoms with Crippen molar-refractivity contribution in [2.75, 3.05) is 13.1 Å². The van der Waals surface area contributed by atoms with Crippen LogP contribution in [0.1, 0.15) is 46.4 Å². The standard InChI is InChI=1S/C20H21N3O4/c1-14-2-4-17(5-3-14)26-13-18-21-19(22-27-18)15-6-9-23(10-7-15)20(24)16-8-11-25-12-16/h2-5,8,11-12,15H,6-7,9-10,13H2,1H3. The van der Waals surface area contributed by atoms with Crippen LogP contribution in [0.4, 0.5) is 0 Å². The minimum absolute atomic E-state index is 0.00231. The van der Waals surface area contributed by atoms with Gasteiger partial charge in [-0.05, 0) is 38.0 Å². The molecule has 0 N–H and O–H groups in total. The Morgan fingerprint density at radius 3 is 2.70 bits per heavy atom. The number of likely N-dealkylation sites (tertiary alicyclic amines) is 1. The van der Waals surface area contributed by atoms with Crippen LogP contribution in [0.25, 0.3) is 0 Å². The molecule has 0 unspecified atom stereocenters. The van der Waals surface area contributed by atoms with E-state index in [9.17, 15) is 4.79 Å². The Morgan fingerprint density at radius 2 is 2.00 bits per heavy atom. The molecule has 27 heavy (non-hydrogen) atoms. The Balaban J connectivity index is 1.30. The molecule has 1 fully saturated rings. The molecule has 1 aromatic carbocycles. The first-order chi connectivity index (χ1) is 13.2. The second kappa shape index (κ2) is 7.65. The van der Waals surface area contributed by atoms with Crippen LogP contribution in [-0.2, 0) is 6.61 Å². The summed E-state index contributed by atoms with van der Waals surface area (Å²) in [5.74, 6) is 2.11. The molecule has 3 heterocycles. The van der Waals surface area contributed by atoms with Gasteiger partial charge in [0.25, 0.3) is 11.8 Å². The summed E-state index contributed by atoms with van der Waals surface area (Å²) in [5.41, 5.74) is 1.77. The van der Waals surface area contributed by atoms with Crippen LogP contribution < -0.4 is 4.74 Å². The molecule has 1 aliphatic heterocycles. The zero-order valence-corrected chi connectivity index (χ0v) is 15.1. The minimum atomic E-state index is 0.00231. The molecular weight excluding hydrogens is 346 g/mol. The molecule has 7 heteroatoms. The number of aryl methyl sites for hydroxylation is 1. The number of aromatic nitrogens is 2. The van der Waals surface area contributed by atoms with Crippen LogP contribution in [0, 0.1) is 6.92 Å². The Labute approximate surface area is 156 Å². The van der Waals surface area contributed by atoms with Crippen molar-refractivity contribution >= 4 is 5.91 Å². The smallest absolute Gasteiger partial charge is 0.264 e. The van der Waals surface area contributed by atoms with Crippen molar-refractivity contribution in [3.05, 3.63) is 65.7 Å². The number of hydrogen-bond donors (Lipinski definition) is 0. The van der Waals surface area contributed by atoms with Gasteiger partial charge in [0.15, 0.2) is 12.4 Å². The highest BCUT2D eigenvalue weighted by Gasteiger charge is 2.27. The van der Waals surface area contributed by atoms with Gasteiger partial charge < -0.3 is 18.6 Å². The molecule has 0 radical (unpaired) electrons. The fourth-order valence-corrected chi connectivity index (χ4v) is 3.18. The van der Waals surface area contributed by atoms with Crippen LogP contribution in [0.5, 0.6) is 5.75 Å². The van der Waals surface area contributed by atoms with Crippen molar-refractivity contribution in [3.8, 4) is 5.75 Å². The van der Waals surface area contributed by atoms with Crippen molar-refractivity contribution < 1.29 is 18.5 Å². The first-order valence-corrected chi connectivity index (χ1v) is 9.02. The van der Waals surface area contributed by atoms with Crippen molar-refractivity contribution in [1.82, 2.24) is 15.0 Å². The molecule has 7 nitrogen and oxygen atoms in total. The number of nitrogens with zero attached hydrogens (tertiary/aromatic N) is 3. The Kier molecular flexibility index (Phi) is 4.91. The van der Waals surface area contributed by atoms with E-state index in [1.165, 1.54) is 18.1 Å². The number of amides is 1. The first kappa shape index (κ1) is 17.3. The van der Waals surface area contributed by atoms with Crippen LogP contribution in [0.15, 0.2) is 51.8 Å². The number of piperidine rings is 1. The molecule has 1 amide bonds. The van der Waals surface area contributed by atoms with Gasteiger partial charge in [-0.1, -0.05) is 22.9 Å². The van der Waals surface area contributed by atoms with E-state index in [1.54, 1.807) is 6.07 Å². The third kappa shape index (κ3) is 4.02. The van der Waals surface area contributed by atoms with Gasteiger partial charge in [-0.3, -0.25) is 4.79 Å². The molecule has 4 rings (SSSR count). The quantitative estimate of drug-likeness (QED) is 0.686. The molecule has 0 atom stereocenters. The van der Waals surface area contributed by atoms with E-state index in [1.807, 2.05) is 36.1 Å². The van der Waals surface area contributed by atoms with E-state index >= 15 is 0 Å². The van der Waals surface area contributed by atoms with Gasteiger partial charge in [0.2, 0.25) is 0 Å². The van der Waals surface area contributed by atoms with Crippen LogP contribution in [0.3, 0.4) is 0 Å². The first-order valence-electron chi connectivity index (χ1n) is 9.02. The Morgan fingerprint density at radius 1 is 1.22 bits per heavy atom. The van der Waals surface area contributed by atoms with Gasteiger partial charge in [0.05, 0.1) is 11.8 Å². The molecule has 2 aromatic heterocycles. The largest absolute Gasteiger partial charge is 0.484 e. The SMILES string of the molecule is Cc1ccc(OCc2nc(C3CCN(C(=O)c4ccoc4)CC3)no2)cc1. The second-order valence-corrected chi connectivity index (χ2v) is 6.73. The number of ether oxygens (including phenoxy) is 1. The number of benzene rings is 1. The average Bonchev–Trinajstić information content (AvgIpc) is 3.39. The van der Waals surface area contributed by atoms with Gasteiger partial charge in [-0.25, -0.2) is 0 Å². The molecule has 0 bridgehead atoms. The summed E-state index contributed by atoms with van der Waals surface area (Å²) < 4.78 is 16.0. The average molecular weight is 367 g/mol. The van der Waals surface area contributed by atoms with E-state index < -0.39 is 0 Å². The summed E-state index contributed by atoms with van der Waals surface area (Å²) in [5, 5.41) is 4.10. The fraction of sp³-hybridized carbons (Fsp3) is 0.350. The maximum atomic E-state index is 12.3. The Hall–Kier alpha value is -3.09. The van der Waals surface area contributed by atoms with Gasteiger partial charge >= 0.3 is 0 Å². The molecule has 140 valence electrons. The van der Waals surface area contributed by atoms with Crippen molar-refractivity contribution in [2.24, 2.45) is 0 Å². The third-order valence-corrected chi connectivity index (χ3v) is 4.78. The summed E-state index contributed by atoms with van der Waals surface area (Å²) in [6, 6.07) is 9.51. The van der Waals surface area contributed by atoms with Crippen LogP contribution in [-0.4, -0.2) is 34.0 Å². The van der Waals surface area contributed by atoms with Gasteiger partial charge in [0.1, 0.15) is 12.0 Å². The molecule has 0 saturated carbocycles. The summed E-state index contributed by atoms with van der Waals surface area (Å²) >= 11 is 0. The predicted molar refractivity (Wildman–Crippen MR) is 96.4 cm³/mol. The minimum Gasteiger partial charge on any atom is -0.484 e. The number of rotatable bonds is 5. The maximum Gasteiger partial charge on any atom is 0.264 e. The number of furan rings is 1. The lowest BCUT2D eigenvalue weighted by molar-refractivity contribution is 0.0710. The van der Waals surface area contributed by atoms with Crippen LogP contribution >= 0.6 is 0 Å². The maximum absolute atomic E-state index is 12.3. The lowest BCUT2D eigenvalue weighted by Gasteiger charge is -2.30. The lowest BCUT2D eigenvalue weighted by atomic mass is 9.96. The zero-order valence-electron chi connectivity index (χ0n) is 15.1. The Bertz CT molecular complexity index is 878. The zero-order chi connectivity index (χ0) is 18.6. The highest BCUT2D eigenvalue weighted by atomic mass is 16.5. The molecule has 0 aliphatic carbocycles. The highest BCUT2D eigenvalue weighted by Crippen LogP contribution is 2.27. The molecule has 1 saturated heterocycles. The topological polar surface area (TPSA) is 81.6 Å². The number of carbonyl (C=O) groups excluding carboxylic acids is 1. The van der Waals surface area contributed by atoms with Crippen molar-refractivity contribution in [2.45, 2.75) is 32.3 Å². The molecular formula is C20H21N3O4. The lowest BCUT2D eigenvalue weighted by Crippen LogP contribution is -2.37. The third-order valence-electron chi connectivity index (χ3n) is 4.78. The van der Waals surface area contributed by atoms with Gasteiger partial charge in [0, 0.05) is 19.0 Å². The second-order valence-electron chi connectivity index (χ2n) is 6.73. The summed E-state index contributed by atoms with van der Waals surface area (Å²) in [4.78, 5) is 18.6. The van der Waals surface area contributed by atoms with E-state index in [0.717, 1.165) is 18.6 Å². The van der Waals surface area contributed by atoms with Gasteiger partial charge in [-0.2, -0.15) is 4.98 Å². The highest BCUT2D eigenvalue weighted by molar-refractivity contribution is 5.93. The summed E-state index contributed by atoms with van der Waals surface area (Å²) in [6.07, 6.45) is 4.61. The fourth-order valence-electron chi connectivity index (χ4n) is 3.18. The van der Waals surface area contributed by atoms with E-state index in [4.69, 9.17) is 13.7 Å².